The summed E-state index contributed by atoms with van der Waals surface area (Å²) in [5.74, 6) is -0.133. The van der Waals surface area contributed by atoms with E-state index in [1.54, 1.807) is 38.1 Å². The lowest BCUT2D eigenvalue weighted by molar-refractivity contribution is -0.120. The Balaban J connectivity index is 2.49. The molecule has 0 aliphatic rings. The van der Waals surface area contributed by atoms with Gasteiger partial charge in [0.1, 0.15) is 0 Å². The number of nitrogens with one attached hydrogen (secondary N) is 1. The average molecular weight is 284 g/mol. The van der Waals surface area contributed by atoms with Gasteiger partial charge in [-0.3, -0.25) is 4.79 Å². The standard InChI is InChI=1S/C13H20N2O3S/c1-3-19(17,18)9-10(2)15-13(16)8-11-4-6-12(14)7-5-11/h4-7,10H,3,8-9,14H2,1-2H3,(H,15,16). The number of hydrogen-bond donors (Lipinski definition) is 2. The number of hydrogen-bond acceptors (Lipinski definition) is 4. The lowest BCUT2D eigenvalue weighted by atomic mass is 10.1. The van der Waals surface area contributed by atoms with Gasteiger partial charge < -0.3 is 11.1 Å². The third kappa shape index (κ3) is 5.74. The van der Waals surface area contributed by atoms with E-state index in [9.17, 15) is 13.2 Å². The summed E-state index contributed by atoms with van der Waals surface area (Å²) in [6, 6.07) is 6.64. The SMILES string of the molecule is CCS(=O)(=O)CC(C)NC(=O)Cc1ccc(N)cc1. The zero-order chi connectivity index (χ0) is 14.5. The van der Waals surface area contributed by atoms with Crippen LogP contribution in [0.2, 0.25) is 0 Å². The van der Waals surface area contributed by atoms with Crippen LogP contribution in [0.4, 0.5) is 5.69 Å². The number of carbonyl (C=O) groups is 1. The quantitative estimate of drug-likeness (QED) is 0.754. The molecule has 5 nitrogen and oxygen atoms in total. The molecule has 0 aliphatic heterocycles. The summed E-state index contributed by atoms with van der Waals surface area (Å²) in [5, 5.41) is 2.68. The number of carbonyl (C=O) groups excluding carboxylic acids is 1. The fourth-order valence-corrected chi connectivity index (χ4v) is 2.77. The Bertz CT molecular complexity index is 523. The maximum absolute atomic E-state index is 11.7. The Morgan fingerprint density at radius 1 is 1.32 bits per heavy atom. The number of nitrogens with two attached hydrogens (primary N) is 1. The fourth-order valence-electron chi connectivity index (χ4n) is 1.69. The monoisotopic (exact) mass is 284 g/mol. The number of sulfone groups is 1. The lowest BCUT2D eigenvalue weighted by Gasteiger charge is -2.13. The minimum absolute atomic E-state index is 0.0308. The van der Waals surface area contributed by atoms with E-state index in [4.69, 9.17) is 5.73 Å². The van der Waals surface area contributed by atoms with Gasteiger partial charge in [-0.25, -0.2) is 8.42 Å². The van der Waals surface area contributed by atoms with E-state index in [1.165, 1.54) is 0 Å². The van der Waals surface area contributed by atoms with Crippen molar-refractivity contribution in [2.45, 2.75) is 26.3 Å². The number of nitrogen functional groups attached to an aromatic ring is 1. The van der Waals surface area contributed by atoms with Gasteiger partial charge in [-0.1, -0.05) is 19.1 Å². The number of benzene rings is 1. The van der Waals surface area contributed by atoms with E-state index in [2.05, 4.69) is 5.32 Å². The van der Waals surface area contributed by atoms with Crippen molar-refractivity contribution in [2.24, 2.45) is 0 Å². The zero-order valence-corrected chi connectivity index (χ0v) is 12.0. The molecule has 0 aliphatic carbocycles. The topological polar surface area (TPSA) is 89.3 Å². The second-order valence-corrected chi connectivity index (χ2v) is 6.98. The van der Waals surface area contributed by atoms with E-state index >= 15 is 0 Å². The van der Waals surface area contributed by atoms with Crippen molar-refractivity contribution in [3.05, 3.63) is 29.8 Å². The predicted octanol–water partition coefficient (Wildman–Crippen LogP) is 0.751. The highest BCUT2D eigenvalue weighted by Gasteiger charge is 2.15. The molecule has 3 N–H and O–H groups in total. The van der Waals surface area contributed by atoms with Crippen LogP contribution in [0.1, 0.15) is 19.4 Å². The molecule has 1 rings (SSSR count). The van der Waals surface area contributed by atoms with Gasteiger partial charge >= 0.3 is 0 Å². The van der Waals surface area contributed by atoms with Crippen LogP contribution in [0, 0.1) is 0 Å². The Labute approximate surface area is 114 Å². The summed E-state index contributed by atoms with van der Waals surface area (Å²) in [4.78, 5) is 11.7. The van der Waals surface area contributed by atoms with Crippen molar-refractivity contribution in [1.82, 2.24) is 5.32 Å². The van der Waals surface area contributed by atoms with Crippen LogP contribution >= 0.6 is 0 Å². The minimum atomic E-state index is -3.07. The van der Waals surface area contributed by atoms with E-state index in [1.807, 2.05) is 0 Å². The van der Waals surface area contributed by atoms with Crippen LogP contribution in [0.25, 0.3) is 0 Å². The van der Waals surface area contributed by atoms with Crippen LogP contribution in [0.3, 0.4) is 0 Å². The molecule has 1 aromatic carbocycles. The molecule has 0 fully saturated rings. The molecule has 106 valence electrons. The highest BCUT2D eigenvalue weighted by Crippen LogP contribution is 2.06. The number of anilines is 1. The average Bonchev–Trinajstić information content (AvgIpc) is 2.31. The van der Waals surface area contributed by atoms with Gasteiger partial charge in [-0.05, 0) is 24.6 Å². The highest BCUT2D eigenvalue weighted by molar-refractivity contribution is 7.91. The molecule has 19 heavy (non-hydrogen) atoms. The van der Waals surface area contributed by atoms with E-state index in [0.717, 1.165) is 5.56 Å². The summed E-state index contributed by atoms with van der Waals surface area (Å²) < 4.78 is 22.8. The zero-order valence-electron chi connectivity index (χ0n) is 11.2. The number of amides is 1. The predicted molar refractivity (Wildman–Crippen MR) is 76.5 cm³/mol. The third-order valence-corrected chi connectivity index (χ3v) is 4.58. The van der Waals surface area contributed by atoms with Crippen LogP contribution in [0.15, 0.2) is 24.3 Å². The van der Waals surface area contributed by atoms with Crippen molar-refractivity contribution in [1.29, 1.82) is 0 Å². The molecule has 0 heterocycles. The first-order valence-electron chi connectivity index (χ1n) is 6.16. The van der Waals surface area contributed by atoms with E-state index < -0.39 is 9.84 Å². The van der Waals surface area contributed by atoms with Crippen LogP contribution in [-0.4, -0.2) is 31.9 Å². The van der Waals surface area contributed by atoms with Gasteiger partial charge in [0, 0.05) is 17.5 Å². The second kappa shape index (κ2) is 6.56. The summed E-state index contributed by atoms with van der Waals surface area (Å²) >= 11 is 0. The molecule has 1 aromatic rings. The first kappa shape index (κ1) is 15.5. The number of rotatable bonds is 6. The fraction of sp³-hybridized carbons (Fsp3) is 0.462. The van der Waals surface area contributed by atoms with Crippen molar-refractivity contribution in [3.8, 4) is 0 Å². The van der Waals surface area contributed by atoms with E-state index in [-0.39, 0.29) is 29.9 Å². The summed E-state index contributed by atoms with van der Waals surface area (Å²) in [7, 11) is -3.07. The van der Waals surface area contributed by atoms with Gasteiger partial charge in [-0.2, -0.15) is 0 Å². The lowest BCUT2D eigenvalue weighted by Crippen LogP contribution is -2.38. The van der Waals surface area contributed by atoms with Gasteiger partial charge in [0.05, 0.1) is 12.2 Å². The molecule has 1 atom stereocenters. The van der Waals surface area contributed by atoms with Gasteiger partial charge in [0.15, 0.2) is 9.84 Å². The largest absolute Gasteiger partial charge is 0.399 e. The molecule has 1 amide bonds. The molecule has 0 bridgehead atoms. The van der Waals surface area contributed by atoms with Crippen molar-refractivity contribution in [2.75, 3.05) is 17.2 Å². The summed E-state index contributed by atoms with van der Waals surface area (Å²) in [6.45, 7) is 3.28. The van der Waals surface area contributed by atoms with Crippen LogP contribution in [0.5, 0.6) is 0 Å². The molecule has 1 unspecified atom stereocenters. The molecular formula is C13H20N2O3S. The smallest absolute Gasteiger partial charge is 0.224 e. The molecular weight excluding hydrogens is 264 g/mol. The molecule has 0 aromatic heterocycles. The Kier molecular flexibility index (Phi) is 5.35. The van der Waals surface area contributed by atoms with Crippen molar-refractivity contribution >= 4 is 21.4 Å². The molecule has 0 saturated heterocycles. The normalized spacial score (nSPS) is 12.9. The van der Waals surface area contributed by atoms with E-state index in [0.29, 0.717) is 5.69 Å². The summed E-state index contributed by atoms with van der Waals surface area (Å²) in [5.41, 5.74) is 7.05. The van der Waals surface area contributed by atoms with Crippen LogP contribution < -0.4 is 11.1 Å². The van der Waals surface area contributed by atoms with Crippen molar-refractivity contribution in [3.63, 3.8) is 0 Å². The molecule has 0 spiro atoms. The van der Waals surface area contributed by atoms with Crippen molar-refractivity contribution < 1.29 is 13.2 Å². The Morgan fingerprint density at radius 2 is 1.89 bits per heavy atom. The highest BCUT2D eigenvalue weighted by atomic mass is 32.2. The minimum Gasteiger partial charge on any atom is -0.399 e. The second-order valence-electron chi connectivity index (χ2n) is 4.59. The van der Waals surface area contributed by atoms with Gasteiger partial charge in [0.25, 0.3) is 0 Å². The maximum atomic E-state index is 11.7. The maximum Gasteiger partial charge on any atom is 0.224 e. The first-order chi connectivity index (χ1) is 8.82. The Hall–Kier alpha value is -1.56. The molecule has 6 heteroatoms. The molecule has 0 radical (unpaired) electrons. The summed E-state index contributed by atoms with van der Waals surface area (Å²) in [6.07, 6.45) is 0.219. The van der Waals surface area contributed by atoms with Gasteiger partial charge in [0.2, 0.25) is 5.91 Å². The Morgan fingerprint density at radius 3 is 2.42 bits per heavy atom. The first-order valence-corrected chi connectivity index (χ1v) is 7.98. The molecule has 0 saturated carbocycles. The van der Waals surface area contributed by atoms with Gasteiger partial charge in [-0.15, -0.1) is 0 Å². The third-order valence-electron chi connectivity index (χ3n) is 2.70. The van der Waals surface area contributed by atoms with Crippen LogP contribution in [-0.2, 0) is 21.1 Å².